The summed E-state index contributed by atoms with van der Waals surface area (Å²) in [7, 11) is 0. The van der Waals surface area contributed by atoms with Gasteiger partial charge in [0.05, 0.1) is 0 Å². The van der Waals surface area contributed by atoms with E-state index in [1.54, 1.807) is 0 Å². The van der Waals surface area contributed by atoms with E-state index in [0.29, 0.717) is 0 Å². The maximum atomic E-state index is 3.26. The van der Waals surface area contributed by atoms with Gasteiger partial charge in [0.25, 0.3) is 0 Å². The molecule has 0 radical (unpaired) electrons. The molecule has 11 heavy (non-hydrogen) atoms. The monoisotopic (exact) mass is 142 g/mol. The molecule has 1 aliphatic carbocycles. The van der Waals surface area contributed by atoms with E-state index < -0.39 is 0 Å². The molecular weight excluding hydrogens is 132 g/mol. The van der Waals surface area contributed by atoms with E-state index in [9.17, 15) is 0 Å². The van der Waals surface area contributed by atoms with Gasteiger partial charge in [-0.05, 0) is 30.1 Å². The lowest BCUT2D eigenvalue weighted by Gasteiger charge is -1.85. The molecule has 0 N–H and O–H groups in total. The van der Waals surface area contributed by atoms with Crippen molar-refractivity contribution in [2.75, 3.05) is 0 Å². The molecule has 0 bridgehead atoms. The Bertz CT molecular complexity index is 294. The zero-order chi connectivity index (χ0) is 7.52. The van der Waals surface area contributed by atoms with Crippen LogP contribution in [0.5, 0.6) is 0 Å². The van der Waals surface area contributed by atoms with Gasteiger partial charge in [0.15, 0.2) is 0 Å². The highest BCUT2D eigenvalue weighted by Crippen LogP contribution is 2.26. The molecule has 0 amide bonds. The van der Waals surface area contributed by atoms with Crippen molar-refractivity contribution in [1.29, 1.82) is 0 Å². The van der Waals surface area contributed by atoms with Crippen LogP contribution in [0.1, 0.15) is 18.4 Å². The van der Waals surface area contributed by atoms with Crippen molar-refractivity contribution < 1.29 is 0 Å². The van der Waals surface area contributed by atoms with Crippen molar-refractivity contribution in [2.45, 2.75) is 12.8 Å². The summed E-state index contributed by atoms with van der Waals surface area (Å²) >= 11 is 0. The predicted octanol–water partition coefficient (Wildman–Crippen LogP) is 3.02. The van der Waals surface area contributed by atoms with Gasteiger partial charge >= 0.3 is 0 Å². The Morgan fingerprint density at radius 2 is 1.82 bits per heavy atom. The van der Waals surface area contributed by atoms with Crippen LogP contribution in [0.15, 0.2) is 41.6 Å². The summed E-state index contributed by atoms with van der Waals surface area (Å²) in [4.78, 5) is 0. The molecule has 54 valence electrons. The molecule has 0 nitrogen and oxygen atoms in total. The van der Waals surface area contributed by atoms with Crippen LogP contribution in [-0.4, -0.2) is 0 Å². The highest BCUT2D eigenvalue weighted by molar-refractivity contribution is 5.49. The number of rotatable bonds is 1. The minimum Gasteiger partial charge on any atom is -0.121 e. The van der Waals surface area contributed by atoms with E-state index in [1.165, 1.54) is 24.0 Å². The van der Waals surface area contributed by atoms with Crippen LogP contribution in [0.2, 0.25) is 0 Å². The molecule has 0 unspecified atom stereocenters. The number of benzene rings is 1. The second-order valence-electron chi connectivity index (χ2n) is 2.80. The topological polar surface area (TPSA) is 0 Å². The van der Waals surface area contributed by atoms with Gasteiger partial charge in [-0.3, -0.25) is 0 Å². The third-order valence-corrected chi connectivity index (χ3v) is 1.74. The van der Waals surface area contributed by atoms with Gasteiger partial charge in [0.1, 0.15) is 0 Å². The number of allylic oxidation sites excluding steroid dienone is 1. The SMILES string of the molecule is C(=Cc1ccccc1)=C1CC1. The first-order chi connectivity index (χ1) is 5.45. The van der Waals surface area contributed by atoms with Gasteiger partial charge in [-0.25, -0.2) is 0 Å². The third kappa shape index (κ3) is 1.83. The summed E-state index contributed by atoms with van der Waals surface area (Å²) in [5, 5.41) is 0. The fourth-order valence-electron chi connectivity index (χ4n) is 0.941. The van der Waals surface area contributed by atoms with Crippen molar-refractivity contribution in [3.8, 4) is 0 Å². The van der Waals surface area contributed by atoms with E-state index in [4.69, 9.17) is 0 Å². The summed E-state index contributed by atoms with van der Waals surface area (Å²) in [6, 6.07) is 10.3. The first kappa shape index (κ1) is 6.45. The molecule has 1 aliphatic rings. The highest BCUT2D eigenvalue weighted by Gasteiger charge is 2.08. The Labute approximate surface area is 66.9 Å². The normalized spacial score (nSPS) is 14.0. The molecule has 0 heterocycles. The van der Waals surface area contributed by atoms with Crippen LogP contribution in [0.3, 0.4) is 0 Å². The Kier molecular flexibility index (Phi) is 1.63. The lowest BCUT2D eigenvalue weighted by molar-refractivity contribution is 1.50. The maximum absolute atomic E-state index is 3.26. The fraction of sp³-hybridized carbons (Fsp3) is 0.182. The first-order valence-electron chi connectivity index (χ1n) is 3.95. The van der Waals surface area contributed by atoms with Gasteiger partial charge in [-0.2, -0.15) is 0 Å². The van der Waals surface area contributed by atoms with Crippen LogP contribution >= 0.6 is 0 Å². The summed E-state index contributed by atoms with van der Waals surface area (Å²) in [5.41, 5.74) is 5.96. The van der Waals surface area contributed by atoms with Gasteiger partial charge in [-0.15, -0.1) is 5.73 Å². The quantitative estimate of drug-likeness (QED) is 0.529. The van der Waals surface area contributed by atoms with Gasteiger partial charge in [-0.1, -0.05) is 30.3 Å². The van der Waals surface area contributed by atoms with E-state index in [2.05, 4.69) is 23.9 Å². The Hall–Kier alpha value is -1.26. The van der Waals surface area contributed by atoms with Crippen LogP contribution in [0.4, 0.5) is 0 Å². The molecule has 0 saturated heterocycles. The molecule has 0 atom stereocenters. The van der Waals surface area contributed by atoms with E-state index in [0.717, 1.165) is 0 Å². The van der Waals surface area contributed by atoms with Crippen LogP contribution in [-0.2, 0) is 0 Å². The molecule has 1 saturated carbocycles. The molecule has 1 aromatic carbocycles. The zero-order valence-electron chi connectivity index (χ0n) is 6.38. The van der Waals surface area contributed by atoms with Crippen molar-refractivity contribution in [1.82, 2.24) is 0 Å². The van der Waals surface area contributed by atoms with Crippen molar-refractivity contribution in [3.63, 3.8) is 0 Å². The molecule has 1 fully saturated rings. The van der Waals surface area contributed by atoms with Gasteiger partial charge < -0.3 is 0 Å². The fourth-order valence-corrected chi connectivity index (χ4v) is 0.941. The van der Waals surface area contributed by atoms with Crippen molar-refractivity contribution >= 4 is 6.08 Å². The lowest BCUT2D eigenvalue weighted by Crippen LogP contribution is -1.64. The Balaban J connectivity index is 2.24. The molecule has 2 rings (SSSR count). The average molecular weight is 142 g/mol. The number of hydrogen-bond donors (Lipinski definition) is 0. The highest BCUT2D eigenvalue weighted by atomic mass is 14.1. The Morgan fingerprint density at radius 3 is 2.45 bits per heavy atom. The van der Waals surface area contributed by atoms with E-state index >= 15 is 0 Å². The smallest absolute Gasteiger partial charge is 0.0128 e. The molecule has 1 aromatic rings. The average Bonchev–Trinajstić information content (AvgIpc) is 2.86. The molecule has 0 spiro atoms. The van der Waals surface area contributed by atoms with E-state index in [1.807, 2.05) is 18.2 Å². The minimum absolute atomic E-state index is 1.24. The second-order valence-corrected chi connectivity index (χ2v) is 2.80. The standard InChI is InChI=1S/C11H10/c1-2-4-10(5-3-1)6-7-11-8-9-11/h1-6H,8-9H2. The molecular formula is C11H10. The number of hydrogen-bond acceptors (Lipinski definition) is 0. The van der Waals surface area contributed by atoms with Crippen LogP contribution in [0.25, 0.3) is 6.08 Å². The van der Waals surface area contributed by atoms with Crippen LogP contribution < -0.4 is 0 Å². The largest absolute Gasteiger partial charge is 0.121 e. The maximum Gasteiger partial charge on any atom is -0.0128 e. The second kappa shape index (κ2) is 2.77. The summed E-state index contributed by atoms with van der Waals surface area (Å²) in [6.45, 7) is 0. The summed E-state index contributed by atoms with van der Waals surface area (Å²) in [5.74, 6) is 0. The molecule has 0 aliphatic heterocycles. The van der Waals surface area contributed by atoms with Crippen LogP contribution in [0, 0.1) is 0 Å². The predicted molar refractivity (Wildman–Crippen MR) is 47.2 cm³/mol. The van der Waals surface area contributed by atoms with E-state index in [-0.39, 0.29) is 0 Å². The Morgan fingerprint density at radius 1 is 1.09 bits per heavy atom. The van der Waals surface area contributed by atoms with Gasteiger partial charge in [0, 0.05) is 0 Å². The molecule has 0 heteroatoms. The van der Waals surface area contributed by atoms with Crippen molar-refractivity contribution in [3.05, 3.63) is 47.2 Å². The summed E-state index contributed by atoms with van der Waals surface area (Å²) in [6.07, 6.45) is 4.56. The first-order valence-corrected chi connectivity index (χ1v) is 3.95. The molecule has 0 aromatic heterocycles. The van der Waals surface area contributed by atoms with Crippen molar-refractivity contribution in [2.24, 2.45) is 0 Å². The summed E-state index contributed by atoms with van der Waals surface area (Å²) < 4.78 is 0. The lowest BCUT2D eigenvalue weighted by atomic mass is 10.2. The third-order valence-electron chi connectivity index (χ3n) is 1.74. The zero-order valence-corrected chi connectivity index (χ0v) is 6.38. The van der Waals surface area contributed by atoms with Gasteiger partial charge in [0.2, 0.25) is 0 Å². The minimum atomic E-state index is 1.24.